The van der Waals surface area contributed by atoms with E-state index in [1.54, 1.807) is 24.3 Å². The van der Waals surface area contributed by atoms with Gasteiger partial charge in [-0.1, -0.05) is 46.3 Å². The lowest BCUT2D eigenvalue weighted by molar-refractivity contribution is -0.138. The van der Waals surface area contributed by atoms with Gasteiger partial charge < -0.3 is 10.6 Å². The number of carbonyl (C=O) groups excluding carboxylic acids is 1. The lowest BCUT2D eigenvalue weighted by Crippen LogP contribution is -2.34. The van der Waals surface area contributed by atoms with Crippen molar-refractivity contribution in [3.05, 3.63) is 93.7 Å². The summed E-state index contributed by atoms with van der Waals surface area (Å²) in [4.78, 5) is 16.5. The summed E-state index contributed by atoms with van der Waals surface area (Å²) in [6.07, 6.45) is -3.44. The van der Waals surface area contributed by atoms with Gasteiger partial charge in [0.25, 0.3) is 0 Å². The molecule has 156 valence electrons. The van der Waals surface area contributed by atoms with Crippen molar-refractivity contribution in [2.75, 3.05) is 5.32 Å². The van der Waals surface area contributed by atoms with Crippen LogP contribution in [0, 0.1) is 0 Å². The van der Waals surface area contributed by atoms with Gasteiger partial charge in [-0.05, 0) is 41.5 Å². The van der Waals surface area contributed by atoms with Crippen molar-refractivity contribution in [3.63, 3.8) is 0 Å². The lowest BCUT2D eigenvalue weighted by Gasteiger charge is -2.22. The summed E-state index contributed by atoms with van der Waals surface area (Å²) in [5.74, 6) is 0. The number of hydrogen-bond donors (Lipinski definition) is 2. The Morgan fingerprint density at radius 1 is 1.07 bits per heavy atom. The van der Waals surface area contributed by atoms with E-state index in [9.17, 15) is 22.4 Å². The van der Waals surface area contributed by atoms with Crippen LogP contribution in [0.4, 0.5) is 28.0 Å². The molecular weight excluding hydrogens is 466 g/mol. The highest BCUT2D eigenvalue weighted by molar-refractivity contribution is 9.10. The number of benzene rings is 2. The standard InChI is InChI=1S/C21H16BrF4N3O/c22-15-3-1-4-16(11-15)28-20(30)29-18(14-8-6-13(12-23)7-9-14)19-17(21(24,25)26)5-2-10-27-19/h1-11,18H,12H2,(H2,28,29,30)/t18-/m0/s1. The second-order valence-corrected chi connectivity index (χ2v) is 7.27. The minimum Gasteiger partial charge on any atom is -0.325 e. The molecule has 0 unspecified atom stereocenters. The quantitative estimate of drug-likeness (QED) is 0.423. The van der Waals surface area contributed by atoms with Crippen LogP contribution in [0.15, 0.2) is 71.3 Å². The minimum atomic E-state index is -4.66. The van der Waals surface area contributed by atoms with Crippen LogP contribution in [0.1, 0.15) is 28.4 Å². The van der Waals surface area contributed by atoms with Crippen LogP contribution in [0.3, 0.4) is 0 Å². The average Bonchev–Trinajstić information content (AvgIpc) is 2.71. The molecule has 3 aromatic rings. The third kappa shape index (κ3) is 5.35. The lowest BCUT2D eigenvalue weighted by atomic mass is 9.98. The van der Waals surface area contributed by atoms with Crippen LogP contribution in [-0.4, -0.2) is 11.0 Å². The largest absolute Gasteiger partial charge is 0.418 e. The van der Waals surface area contributed by atoms with E-state index >= 15 is 0 Å². The number of urea groups is 1. The molecule has 0 aliphatic carbocycles. The summed E-state index contributed by atoms with van der Waals surface area (Å²) < 4.78 is 54.2. The molecule has 9 heteroatoms. The second-order valence-electron chi connectivity index (χ2n) is 6.35. The molecule has 2 aromatic carbocycles. The van der Waals surface area contributed by atoms with Gasteiger partial charge in [-0.25, -0.2) is 9.18 Å². The number of alkyl halides is 4. The Kier molecular flexibility index (Phi) is 6.71. The van der Waals surface area contributed by atoms with Gasteiger partial charge in [-0.2, -0.15) is 13.2 Å². The molecule has 0 aliphatic heterocycles. The second kappa shape index (κ2) is 9.25. The van der Waals surface area contributed by atoms with Crippen molar-refractivity contribution in [2.24, 2.45) is 0 Å². The predicted octanol–water partition coefficient (Wildman–Crippen LogP) is 6.24. The van der Waals surface area contributed by atoms with Gasteiger partial charge in [-0.15, -0.1) is 0 Å². The van der Waals surface area contributed by atoms with Crippen molar-refractivity contribution >= 4 is 27.6 Å². The van der Waals surface area contributed by atoms with Crippen LogP contribution in [-0.2, 0) is 12.9 Å². The number of pyridine rings is 1. The third-order valence-electron chi connectivity index (χ3n) is 4.24. The van der Waals surface area contributed by atoms with Crippen molar-refractivity contribution in [1.82, 2.24) is 10.3 Å². The topological polar surface area (TPSA) is 54.0 Å². The van der Waals surface area contributed by atoms with E-state index in [0.717, 1.165) is 10.5 Å². The molecular formula is C21H16BrF4N3O. The molecule has 3 rings (SSSR count). The molecule has 1 heterocycles. The molecule has 4 nitrogen and oxygen atoms in total. The molecule has 0 spiro atoms. The van der Waals surface area contributed by atoms with Crippen molar-refractivity contribution in [1.29, 1.82) is 0 Å². The van der Waals surface area contributed by atoms with E-state index in [4.69, 9.17) is 0 Å². The van der Waals surface area contributed by atoms with Crippen LogP contribution >= 0.6 is 15.9 Å². The van der Waals surface area contributed by atoms with E-state index < -0.39 is 30.5 Å². The maximum Gasteiger partial charge on any atom is 0.418 e. The molecule has 30 heavy (non-hydrogen) atoms. The summed E-state index contributed by atoms with van der Waals surface area (Å²) >= 11 is 3.28. The van der Waals surface area contributed by atoms with Crippen LogP contribution in [0.25, 0.3) is 0 Å². The van der Waals surface area contributed by atoms with Gasteiger partial charge in [0, 0.05) is 16.4 Å². The van der Waals surface area contributed by atoms with Crippen molar-refractivity contribution in [2.45, 2.75) is 18.9 Å². The van der Waals surface area contributed by atoms with E-state index in [-0.39, 0.29) is 5.69 Å². The molecule has 0 radical (unpaired) electrons. The zero-order valence-corrected chi connectivity index (χ0v) is 17.0. The number of rotatable bonds is 5. The van der Waals surface area contributed by atoms with E-state index in [2.05, 4.69) is 31.5 Å². The molecule has 0 saturated heterocycles. The molecule has 0 saturated carbocycles. The van der Waals surface area contributed by atoms with Gasteiger partial charge in [0.1, 0.15) is 6.67 Å². The molecule has 2 N–H and O–H groups in total. The van der Waals surface area contributed by atoms with Gasteiger partial charge in [0.15, 0.2) is 0 Å². The highest BCUT2D eigenvalue weighted by Gasteiger charge is 2.37. The number of hydrogen-bond acceptors (Lipinski definition) is 2. The predicted molar refractivity (Wildman–Crippen MR) is 109 cm³/mol. The number of halogens is 5. The monoisotopic (exact) mass is 481 g/mol. The fourth-order valence-electron chi connectivity index (χ4n) is 2.86. The summed E-state index contributed by atoms with van der Waals surface area (Å²) in [5, 5.41) is 5.13. The fourth-order valence-corrected chi connectivity index (χ4v) is 3.26. The fraction of sp³-hybridized carbons (Fsp3) is 0.143. The Morgan fingerprint density at radius 3 is 2.43 bits per heavy atom. The number of nitrogens with zero attached hydrogens (tertiary/aromatic N) is 1. The third-order valence-corrected chi connectivity index (χ3v) is 4.74. The van der Waals surface area contributed by atoms with Gasteiger partial charge in [0.2, 0.25) is 0 Å². The Balaban J connectivity index is 1.97. The number of amides is 2. The first kappa shape index (κ1) is 21.8. The first-order valence-corrected chi connectivity index (χ1v) is 9.57. The van der Waals surface area contributed by atoms with Crippen molar-refractivity contribution in [3.8, 4) is 0 Å². The molecule has 0 bridgehead atoms. The van der Waals surface area contributed by atoms with Gasteiger partial charge >= 0.3 is 12.2 Å². The maximum atomic E-state index is 13.5. The SMILES string of the molecule is O=C(Nc1cccc(Br)c1)N[C@@H](c1ccc(CF)cc1)c1ncccc1C(F)(F)F. The Bertz CT molecular complexity index is 1030. The molecule has 2 amide bonds. The van der Waals surface area contributed by atoms with E-state index in [0.29, 0.717) is 16.8 Å². The smallest absolute Gasteiger partial charge is 0.325 e. The van der Waals surface area contributed by atoms with Gasteiger partial charge in [-0.3, -0.25) is 4.98 Å². The molecule has 0 aliphatic rings. The van der Waals surface area contributed by atoms with Crippen molar-refractivity contribution < 1.29 is 22.4 Å². The highest BCUT2D eigenvalue weighted by Crippen LogP contribution is 2.35. The molecule has 0 fully saturated rings. The summed E-state index contributed by atoms with van der Waals surface area (Å²) in [5.41, 5.74) is -0.172. The van der Waals surface area contributed by atoms with E-state index in [1.165, 1.54) is 36.5 Å². The number of carbonyl (C=O) groups is 1. The first-order valence-electron chi connectivity index (χ1n) is 8.78. The zero-order chi connectivity index (χ0) is 21.7. The minimum absolute atomic E-state index is 0.334. The molecule has 1 atom stereocenters. The summed E-state index contributed by atoms with van der Waals surface area (Å²) in [6, 6.07) is 12.7. The average molecular weight is 482 g/mol. The van der Waals surface area contributed by atoms with E-state index in [1.807, 2.05) is 0 Å². The van der Waals surface area contributed by atoms with Crippen LogP contribution in [0.2, 0.25) is 0 Å². The highest BCUT2D eigenvalue weighted by atomic mass is 79.9. The summed E-state index contributed by atoms with van der Waals surface area (Å²) in [6.45, 7) is -0.709. The number of nitrogens with one attached hydrogen (secondary N) is 2. The van der Waals surface area contributed by atoms with Crippen LogP contribution in [0.5, 0.6) is 0 Å². The number of aromatic nitrogens is 1. The summed E-state index contributed by atoms with van der Waals surface area (Å²) in [7, 11) is 0. The Labute approximate surface area is 178 Å². The first-order chi connectivity index (χ1) is 14.3. The normalized spacial score (nSPS) is 12.3. The maximum absolute atomic E-state index is 13.5. The Hall–Kier alpha value is -2.94. The zero-order valence-electron chi connectivity index (χ0n) is 15.4. The van der Waals surface area contributed by atoms with Gasteiger partial charge in [0.05, 0.1) is 17.3 Å². The molecule has 1 aromatic heterocycles. The number of anilines is 1. The van der Waals surface area contributed by atoms with Crippen LogP contribution < -0.4 is 10.6 Å². The Morgan fingerprint density at radius 2 is 1.80 bits per heavy atom.